The molecule has 7 heteroatoms. The highest BCUT2D eigenvalue weighted by Gasteiger charge is 2.28. The molecule has 0 spiro atoms. The third kappa shape index (κ3) is 6.38. The Labute approximate surface area is 174 Å². The van der Waals surface area contributed by atoms with Crippen LogP contribution in [0.2, 0.25) is 0 Å². The number of nitrogens with zero attached hydrogens (tertiary/aromatic N) is 2. The van der Waals surface area contributed by atoms with E-state index < -0.39 is 0 Å². The molecule has 2 saturated heterocycles. The van der Waals surface area contributed by atoms with Crippen LogP contribution in [0.5, 0.6) is 0 Å². The van der Waals surface area contributed by atoms with E-state index in [-0.39, 0.29) is 24.4 Å². The van der Waals surface area contributed by atoms with Gasteiger partial charge in [-0.3, -0.25) is 4.79 Å². The van der Waals surface area contributed by atoms with Gasteiger partial charge in [-0.2, -0.15) is 0 Å². The highest BCUT2D eigenvalue weighted by Crippen LogP contribution is 2.23. The van der Waals surface area contributed by atoms with Gasteiger partial charge < -0.3 is 19.9 Å². The second kappa shape index (κ2) is 11.3. The topological polar surface area (TPSA) is 61.9 Å². The molecule has 2 heterocycles. The van der Waals surface area contributed by atoms with Crippen LogP contribution in [-0.2, 0) is 16.1 Å². The van der Waals surface area contributed by atoms with Crippen molar-refractivity contribution in [3.8, 4) is 0 Å². The molecule has 0 bridgehead atoms. The van der Waals surface area contributed by atoms with Crippen molar-refractivity contribution in [2.45, 2.75) is 44.8 Å². The fourth-order valence-corrected chi connectivity index (χ4v) is 3.92. The lowest BCUT2D eigenvalue weighted by atomic mass is 9.92. The van der Waals surface area contributed by atoms with Crippen molar-refractivity contribution in [1.29, 1.82) is 0 Å². The molecular weight excluding hydrogens is 378 g/mol. The van der Waals surface area contributed by atoms with Gasteiger partial charge in [0.25, 0.3) is 0 Å². The first-order chi connectivity index (χ1) is 13.2. The van der Waals surface area contributed by atoms with Gasteiger partial charge in [0.05, 0.1) is 0 Å². The fourth-order valence-electron chi connectivity index (χ4n) is 3.92. The molecule has 0 saturated carbocycles. The summed E-state index contributed by atoms with van der Waals surface area (Å²) in [7, 11) is 1.99. The number of ether oxygens (including phenoxy) is 1. The zero-order valence-electron chi connectivity index (χ0n) is 16.6. The monoisotopic (exact) mass is 409 g/mol. The van der Waals surface area contributed by atoms with Crippen molar-refractivity contribution < 1.29 is 14.3 Å². The number of nitrogens with one attached hydrogen (secondary N) is 1. The fraction of sp³-hybridized carbons (Fsp3) is 0.619. The summed E-state index contributed by atoms with van der Waals surface area (Å²) < 4.78 is 5.41. The summed E-state index contributed by atoms with van der Waals surface area (Å²) in [5.74, 6) is 0.646. The molecule has 1 N–H and O–H groups in total. The number of piperidine rings is 2. The lowest BCUT2D eigenvalue weighted by molar-refractivity contribution is -0.133. The maximum absolute atomic E-state index is 12.5. The van der Waals surface area contributed by atoms with E-state index in [0.29, 0.717) is 38.1 Å². The number of likely N-dealkylation sites (tertiary alicyclic amines) is 2. The lowest BCUT2D eigenvalue weighted by Gasteiger charge is -2.35. The minimum absolute atomic E-state index is 0. The molecule has 6 nitrogen and oxygen atoms in total. The van der Waals surface area contributed by atoms with Gasteiger partial charge in [0.1, 0.15) is 6.61 Å². The van der Waals surface area contributed by atoms with Crippen LogP contribution in [0.3, 0.4) is 0 Å². The Bertz CT molecular complexity index is 613. The van der Waals surface area contributed by atoms with Gasteiger partial charge in [-0.15, -0.1) is 12.4 Å². The molecule has 0 radical (unpaired) electrons. The molecule has 156 valence electrons. The number of rotatable bonds is 5. The van der Waals surface area contributed by atoms with E-state index >= 15 is 0 Å². The molecule has 2 aliphatic rings. The number of hydrogen-bond donors (Lipinski definition) is 1. The summed E-state index contributed by atoms with van der Waals surface area (Å²) >= 11 is 0. The minimum Gasteiger partial charge on any atom is -0.445 e. The van der Waals surface area contributed by atoms with Crippen molar-refractivity contribution in [1.82, 2.24) is 15.1 Å². The number of carbonyl (C=O) groups excluding carboxylic acids is 2. The van der Waals surface area contributed by atoms with Crippen molar-refractivity contribution in [3.05, 3.63) is 35.9 Å². The van der Waals surface area contributed by atoms with Gasteiger partial charge in [-0.1, -0.05) is 30.3 Å². The van der Waals surface area contributed by atoms with Crippen LogP contribution in [0, 0.1) is 5.92 Å². The number of benzene rings is 1. The number of carbonyl (C=O) groups is 2. The summed E-state index contributed by atoms with van der Waals surface area (Å²) in [4.78, 5) is 28.5. The highest BCUT2D eigenvalue weighted by atomic mass is 35.5. The third-order valence-corrected chi connectivity index (χ3v) is 5.80. The standard InChI is InChI=1S/C21H31N3O3.ClH/c1-22-19-9-13-23(14-10-19)20(25)15-17-7-11-24(12-8-17)21(26)27-16-18-5-3-2-4-6-18;/h2-6,17,19,22H,7-16H2,1H3;1H. The Balaban J connectivity index is 0.00000280. The van der Waals surface area contributed by atoms with E-state index in [9.17, 15) is 9.59 Å². The summed E-state index contributed by atoms with van der Waals surface area (Å²) in [6.07, 6.45) is 4.18. The van der Waals surface area contributed by atoms with Crippen LogP contribution in [-0.4, -0.2) is 61.1 Å². The molecule has 0 aromatic heterocycles. The van der Waals surface area contributed by atoms with Crippen LogP contribution in [0.4, 0.5) is 4.79 Å². The van der Waals surface area contributed by atoms with Gasteiger partial charge in [-0.05, 0) is 44.2 Å². The van der Waals surface area contributed by atoms with Crippen LogP contribution >= 0.6 is 12.4 Å². The Hall–Kier alpha value is -1.79. The second-order valence-electron chi connectivity index (χ2n) is 7.62. The largest absolute Gasteiger partial charge is 0.445 e. The smallest absolute Gasteiger partial charge is 0.410 e. The van der Waals surface area contributed by atoms with Crippen LogP contribution < -0.4 is 5.32 Å². The third-order valence-electron chi connectivity index (χ3n) is 5.80. The average Bonchev–Trinajstić information content (AvgIpc) is 2.73. The quantitative estimate of drug-likeness (QED) is 0.811. The van der Waals surface area contributed by atoms with Crippen LogP contribution in [0.15, 0.2) is 30.3 Å². The second-order valence-corrected chi connectivity index (χ2v) is 7.62. The lowest BCUT2D eigenvalue weighted by Crippen LogP contribution is -2.45. The predicted octanol–water partition coefficient (Wildman–Crippen LogP) is 3.06. The molecule has 2 fully saturated rings. The number of hydrogen-bond acceptors (Lipinski definition) is 4. The Morgan fingerprint density at radius 3 is 2.21 bits per heavy atom. The maximum atomic E-state index is 12.5. The van der Waals surface area contributed by atoms with E-state index in [1.54, 1.807) is 4.90 Å². The van der Waals surface area contributed by atoms with Gasteiger partial charge in [0.2, 0.25) is 5.91 Å². The molecule has 0 aliphatic carbocycles. The van der Waals surface area contributed by atoms with Gasteiger partial charge in [-0.25, -0.2) is 4.79 Å². The molecule has 1 aromatic rings. The molecule has 1 aromatic carbocycles. The van der Waals surface area contributed by atoms with Gasteiger partial charge in [0.15, 0.2) is 0 Å². The van der Waals surface area contributed by atoms with E-state index in [2.05, 4.69) is 5.32 Å². The molecule has 28 heavy (non-hydrogen) atoms. The molecule has 2 aliphatic heterocycles. The van der Waals surface area contributed by atoms with E-state index in [1.165, 1.54) is 0 Å². The highest BCUT2D eigenvalue weighted by molar-refractivity contribution is 5.85. The normalized spacial score (nSPS) is 18.5. The molecule has 3 rings (SSSR count). The maximum Gasteiger partial charge on any atom is 0.410 e. The first-order valence-corrected chi connectivity index (χ1v) is 10.1. The van der Waals surface area contributed by atoms with Gasteiger partial charge >= 0.3 is 6.09 Å². The van der Waals surface area contributed by atoms with Crippen LogP contribution in [0.1, 0.15) is 37.7 Å². The van der Waals surface area contributed by atoms with Crippen LogP contribution in [0.25, 0.3) is 0 Å². The van der Waals surface area contributed by atoms with Gasteiger partial charge in [0, 0.05) is 38.6 Å². The number of amides is 2. The van der Waals surface area contributed by atoms with Crippen molar-refractivity contribution in [2.75, 3.05) is 33.2 Å². The SMILES string of the molecule is CNC1CCN(C(=O)CC2CCN(C(=O)OCc3ccccc3)CC2)CC1.Cl. The predicted molar refractivity (Wildman–Crippen MR) is 111 cm³/mol. The molecule has 0 atom stereocenters. The summed E-state index contributed by atoms with van der Waals surface area (Å²) in [6, 6.07) is 10.3. The van der Waals surface area contributed by atoms with E-state index in [4.69, 9.17) is 4.74 Å². The first-order valence-electron chi connectivity index (χ1n) is 10.1. The van der Waals surface area contributed by atoms with E-state index in [1.807, 2.05) is 42.3 Å². The minimum atomic E-state index is -0.252. The molecule has 0 unspecified atom stereocenters. The Morgan fingerprint density at radius 2 is 1.61 bits per heavy atom. The van der Waals surface area contributed by atoms with Crippen molar-refractivity contribution in [2.24, 2.45) is 5.92 Å². The summed E-state index contributed by atoms with van der Waals surface area (Å²) in [5, 5.41) is 3.29. The van der Waals surface area contributed by atoms with E-state index in [0.717, 1.165) is 44.3 Å². The summed E-state index contributed by atoms with van der Waals surface area (Å²) in [6.45, 7) is 3.37. The Morgan fingerprint density at radius 1 is 1.00 bits per heavy atom. The van der Waals surface area contributed by atoms with Crippen molar-refractivity contribution in [3.63, 3.8) is 0 Å². The van der Waals surface area contributed by atoms with Crippen molar-refractivity contribution >= 4 is 24.4 Å². The Kier molecular flexibility index (Phi) is 9.06. The molecule has 2 amide bonds. The number of halogens is 1. The first kappa shape index (κ1) is 22.5. The molecular formula is C21H32ClN3O3. The summed E-state index contributed by atoms with van der Waals surface area (Å²) in [5.41, 5.74) is 0.994. The zero-order chi connectivity index (χ0) is 19.1. The zero-order valence-corrected chi connectivity index (χ0v) is 17.5. The average molecular weight is 410 g/mol.